The van der Waals surface area contributed by atoms with E-state index in [4.69, 9.17) is 5.73 Å². The molecule has 2 aliphatic rings. The summed E-state index contributed by atoms with van der Waals surface area (Å²) in [4.78, 5) is 27.2. The van der Waals surface area contributed by atoms with Crippen molar-refractivity contribution in [1.82, 2.24) is 5.32 Å². The fourth-order valence-corrected chi connectivity index (χ4v) is 5.36. The second kappa shape index (κ2) is 9.31. The molecule has 2 unspecified atom stereocenters. The van der Waals surface area contributed by atoms with E-state index in [1.54, 1.807) is 7.05 Å². The van der Waals surface area contributed by atoms with Gasteiger partial charge in [0.1, 0.15) is 11.5 Å². The van der Waals surface area contributed by atoms with Crippen LogP contribution in [0.5, 0.6) is 5.75 Å². The van der Waals surface area contributed by atoms with Crippen LogP contribution in [0.25, 0.3) is 0 Å². The molecule has 0 heterocycles. The third kappa shape index (κ3) is 4.63. The number of nitrogens with one attached hydrogen (secondary N) is 1. The van der Waals surface area contributed by atoms with Gasteiger partial charge in [0.15, 0.2) is 5.78 Å². The van der Waals surface area contributed by atoms with Crippen LogP contribution in [0.15, 0.2) is 28.7 Å². The molecule has 1 amide bonds. The first-order chi connectivity index (χ1) is 15.8. The first-order valence-electron chi connectivity index (χ1n) is 11.4. The second-order valence-electron chi connectivity index (χ2n) is 10.0. The molecule has 1 aromatic carbocycles. The van der Waals surface area contributed by atoms with Crippen molar-refractivity contribution >= 4 is 17.4 Å². The van der Waals surface area contributed by atoms with E-state index in [0.717, 1.165) is 11.3 Å². The molecule has 0 aromatic heterocycles. The highest BCUT2D eigenvalue weighted by Gasteiger charge is 2.41. The Morgan fingerprint density at radius 1 is 1.26 bits per heavy atom. The summed E-state index contributed by atoms with van der Waals surface area (Å²) in [6, 6.07) is 1.86. The van der Waals surface area contributed by atoms with Crippen LogP contribution in [0.4, 0.5) is 5.69 Å². The van der Waals surface area contributed by atoms with E-state index < -0.39 is 11.5 Å². The van der Waals surface area contributed by atoms with Crippen molar-refractivity contribution < 1.29 is 30.0 Å². The number of aliphatic hydroxyl groups excluding tert-OH is 2. The molecule has 186 valence electrons. The number of fused-ring (bicyclic) bond motifs is 2. The maximum Gasteiger partial charge on any atom is 0.250 e. The lowest BCUT2D eigenvalue weighted by atomic mass is 9.68. The van der Waals surface area contributed by atoms with Gasteiger partial charge < -0.3 is 36.4 Å². The number of phenolic OH excluding ortho intramolecular Hbond substituents is 1. The molecule has 0 spiro atoms. The molecule has 0 aliphatic heterocycles. The lowest BCUT2D eigenvalue weighted by Crippen LogP contribution is -2.35. The number of primary amides is 1. The molecule has 1 aromatic rings. The Kier molecular flexibility index (Phi) is 7.00. The fourth-order valence-electron chi connectivity index (χ4n) is 5.36. The number of hydrogen-bond donors (Lipinski definition) is 6. The SMILES string of the molecule is CNCc1cc(N(C)C)c2c(c1O)C(=O)C1=C(O)CC(C/C(O)=C(/C(N)=O)C(C)(C)O)CC1C2. The van der Waals surface area contributed by atoms with Crippen LogP contribution in [-0.2, 0) is 17.8 Å². The quantitative estimate of drug-likeness (QED) is 0.260. The number of allylic oxidation sites excluding steroid dienone is 3. The minimum Gasteiger partial charge on any atom is -0.512 e. The van der Waals surface area contributed by atoms with Crippen molar-refractivity contribution in [3.63, 3.8) is 0 Å². The molecular weight excluding hydrogens is 438 g/mol. The molecule has 9 heteroatoms. The summed E-state index contributed by atoms with van der Waals surface area (Å²) in [7, 11) is 5.50. The highest BCUT2D eigenvalue weighted by Crippen LogP contribution is 2.47. The predicted octanol–water partition coefficient (Wildman–Crippen LogP) is 2.21. The second-order valence-corrected chi connectivity index (χ2v) is 10.0. The number of ketones is 1. The number of nitrogens with zero attached hydrogens (tertiary/aromatic N) is 1. The van der Waals surface area contributed by atoms with Crippen molar-refractivity contribution in [1.29, 1.82) is 0 Å². The molecule has 2 atom stereocenters. The van der Waals surface area contributed by atoms with Gasteiger partial charge in [-0.15, -0.1) is 0 Å². The van der Waals surface area contributed by atoms with Gasteiger partial charge in [-0.05, 0) is 57.2 Å². The van der Waals surface area contributed by atoms with Crippen LogP contribution in [0.3, 0.4) is 0 Å². The number of Topliss-reactive ketones (excluding diaryl/α,β-unsaturated/α-hetero) is 1. The number of benzene rings is 1. The van der Waals surface area contributed by atoms with Gasteiger partial charge in [-0.1, -0.05) is 0 Å². The summed E-state index contributed by atoms with van der Waals surface area (Å²) in [6.07, 6.45) is 1.09. The van der Waals surface area contributed by atoms with Gasteiger partial charge in [-0.25, -0.2) is 0 Å². The number of carbonyl (C=O) groups excluding carboxylic acids is 2. The van der Waals surface area contributed by atoms with E-state index in [2.05, 4.69) is 5.32 Å². The Hall–Kier alpha value is -3.04. The molecular formula is C25H35N3O6. The van der Waals surface area contributed by atoms with Crippen molar-refractivity contribution in [2.24, 2.45) is 17.6 Å². The van der Waals surface area contributed by atoms with Crippen LogP contribution < -0.4 is 16.0 Å². The number of nitrogens with two attached hydrogens (primary N) is 1. The average molecular weight is 474 g/mol. The molecule has 34 heavy (non-hydrogen) atoms. The molecule has 0 bridgehead atoms. The van der Waals surface area contributed by atoms with E-state index >= 15 is 0 Å². The van der Waals surface area contributed by atoms with E-state index in [9.17, 15) is 30.0 Å². The minimum atomic E-state index is -1.61. The monoisotopic (exact) mass is 473 g/mol. The number of amides is 1. The average Bonchev–Trinajstić information content (AvgIpc) is 2.67. The van der Waals surface area contributed by atoms with Crippen molar-refractivity contribution in [3.8, 4) is 5.75 Å². The smallest absolute Gasteiger partial charge is 0.250 e. The van der Waals surface area contributed by atoms with Crippen LogP contribution in [0, 0.1) is 11.8 Å². The molecule has 0 radical (unpaired) electrons. The summed E-state index contributed by atoms with van der Waals surface area (Å²) in [5.41, 5.74) is 6.18. The summed E-state index contributed by atoms with van der Waals surface area (Å²) in [5.74, 6) is -2.32. The van der Waals surface area contributed by atoms with E-state index in [-0.39, 0.29) is 58.9 Å². The zero-order valence-electron chi connectivity index (χ0n) is 20.4. The highest BCUT2D eigenvalue weighted by molar-refractivity contribution is 6.14. The van der Waals surface area contributed by atoms with Crippen LogP contribution in [0.2, 0.25) is 0 Å². The summed E-state index contributed by atoms with van der Waals surface area (Å²) < 4.78 is 0. The fraction of sp³-hybridized carbons (Fsp3) is 0.520. The van der Waals surface area contributed by atoms with Crippen molar-refractivity contribution in [3.05, 3.63) is 45.4 Å². The third-order valence-electron chi connectivity index (χ3n) is 6.68. The zero-order chi connectivity index (χ0) is 25.5. The summed E-state index contributed by atoms with van der Waals surface area (Å²) in [5, 5.41) is 45.6. The van der Waals surface area contributed by atoms with Gasteiger partial charge in [0.05, 0.1) is 22.5 Å². The molecule has 3 rings (SSSR count). The van der Waals surface area contributed by atoms with E-state index in [1.165, 1.54) is 13.8 Å². The summed E-state index contributed by atoms with van der Waals surface area (Å²) >= 11 is 0. The Morgan fingerprint density at radius 3 is 2.44 bits per heavy atom. The molecule has 0 saturated carbocycles. The van der Waals surface area contributed by atoms with Gasteiger partial charge in [-0.3, -0.25) is 9.59 Å². The van der Waals surface area contributed by atoms with Crippen LogP contribution >= 0.6 is 0 Å². The van der Waals surface area contributed by atoms with Gasteiger partial charge in [0.25, 0.3) is 5.91 Å². The number of aromatic hydroxyl groups is 1. The number of phenols is 1. The lowest BCUT2D eigenvalue weighted by Gasteiger charge is -2.37. The molecule has 0 fully saturated rings. The van der Waals surface area contributed by atoms with Gasteiger partial charge in [0.2, 0.25) is 0 Å². The predicted molar refractivity (Wildman–Crippen MR) is 129 cm³/mol. The first kappa shape index (κ1) is 25.6. The van der Waals surface area contributed by atoms with E-state index in [0.29, 0.717) is 30.5 Å². The molecule has 0 saturated heterocycles. The Balaban J connectivity index is 2.02. The standard InChI is InChI=1S/C25H35N3O6/c1-25(2,34)21(24(26)33)18(30)8-12-6-13-9-15-16(28(4)5)10-14(11-27-3)22(31)20(15)23(32)19(13)17(29)7-12/h10,12-13,27,29-31,34H,6-9,11H2,1-5H3,(H2,26,33)/b21-18+. The number of hydrogen-bond acceptors (Lipinski definition) is 8. The van der Waals surface area contributed by atoms with Crippen molar-refractivity contribution in [2.45, 2.75) is 51.7 Å². The van der Waals surface area contributed by atoms with Crippen LogP contribution in [0.1, 0.15) is 54.6 Å². The van der Waals surface area contributed by atoms with Crippen LogP contribution in [-0.4, -0.2) is 58.9 Å². The van der Waals surface area contributed by atoms with Gasteiger partial charge in [0, 0.05) is 50.3 Å². The number of aliphatic hydroxyl groups is 3. The Labute approximate surface area is 199 Å². The lowest BCUT2D eigenvalue weighted by molar-refractivity contribution is -0.116. The maximum atomic E-state index is 13.5. The largest absolute Gasteiger partial charge is 0.512 e. The zero-order valence-corrected chi connectivity index (χ0v) is 20.4. The number of carbonyl (C=O) groups is 2. The maximum absolute atomic E-state index is 13.5. The molecule has 2 aliphatic carbocycles. The first-order valence-corrected chi connectivity index (χ1v) is 11.4. The van der Waals surface area contributed by atoms with Crippen molar-refractivity contribution in [2.75, 3.05) is 26.0 Å². The summed E-state index contributed by atoms with van der Waals surface area (Å²) in [6.45, 7) is 3.13. The third-order valence-corrected chi connectivity index (χ3v) is 6.68. The molecule has 7 N–H and O–H groups in total. The highest BCUT2D eigenvalue weighted by atomic mass is 16.3. The Morgan fingerprint density at radius 2 is 1.91 bits per heavy atom. The number of anilines is 1. The van der Waals surface area contributed by atoms with E-state index in [1.807, 2.05) is 25.1 Å². The van der Waals surface area contributed by atoms with Gasteiger partial charge >= 0.3 is 0 Å². The Bertz CT molecular complexity index is 1080. The van der Waals surface area contributed by atoms with Gasteiger partial charge in [-0.2, -0.15) is 0 Å². The minimum absolute atomic E-state index is 0.0318. The topological polar surface area (TPSA) is 156 Å². The normalized spacial score (nSPS) is 21.1. The molecule has 9 nitrogen and oxygen atoms in total. The number of rotatable bonds is 7.